The van der Waals surface area contributed by atoms with Gasteiger partial charge in [-0.2, -0.15) is 0 Å². The smallest absolute Gasteiger partial charge is 0.226 e. The summed E-state index contributed by atoms with van der Waals surface area (Å²) in [6, 6.07) is 3.95. The van der Waals surface area contributed by atoms with Gasteiger partial charge in [-0.3, -0.25) is 4.79 Å². The fraction of sp³-hybridized carbons (Fsp3) is 0.471. The number of anilines is 1. The SMILES string of the molecule is CCc1nc(C)c([C@@H](C)NCCC(=O)Nc2ccc(C)cn2)s1. The zero-order valence-electron chi connectivity index (χ0n) is 14.1. The Morgan fingerprint density at radius 2 is 2.13 bits per heavy atom. The number of rotatable bonds is 7. The molecule has 6 heteroatoms. The van der Waals surface area contributed by atoms with Gasteiger partial charge in [0.05, 0.1) is 10.7 Å². The van der Waals surface area contributed by atoms with Gasteiger partial charge in [0.15, 0.2) is 0 Å². The molecular weight excluding hydrogens is 308 g/mol. The van der Waals surface area contributed by atoms with Crippen LogP contribution in [-0.2, 0) is 11.2 Å². The highest BCUT2D eigenvalue weighted by Crippen LogP contribution is 2.25. The Kier molecular flexibility index (Phi) is 6.24. The van der Waals surface area contributed by atoms with E-state index in [-0.39, 0.29) is 11.9 Å². The van der Waals surface area contributed by atoms with Gasteiger partial charge in [0.1, 0.15) is 5.82 Å². The zero-order chi connectivity index (χ0) is 16.8. The molecule has 0 saturated carbocycles. The second-order valence-corrected chi connectivity index (χ2v) is 6.72. The molecule has 0 aliphatic heterocycles. The van der Waals surface area contributed by atoms with Gasteiger partial charge in [-0.15, -0.1) is 11.3 Å². The lowest BCUT2D eigenvalue weighted by Crippen LogP contribution is -2.24. The molecule has 2 aromatic rings. The van der Waals surface area contributed by atoms with Gasteiger partial charge in [-0.1, -0.05) is 13.0 Å². The van der Waals surface area contributed by atoms with Crippen molar-refractivity contribution in [2.24, 2.45) is 0 Å². The third kappa shape index (κ3) is 5.11. The molecule has 0 aliphatic carbocycles. The van der Waals surface area contributed by atoms with Crippen LogP contribution in [-0.4, -0.2) is 22.4 Å². The Hall–Kier alpha value is -1.79. The number of pyridine rings is 1. The van der Waals surface area contributed by atoms with Crippen LogP contribution in [0.25, 0.3) is 0 Å². The average molecular weight is 332 g/mol. The molecule has 0 radical (unpaired) electrons. The van der Waals surface area contributed by atoms with Crippen molar-refractivity contribution < 1.29 is 4.79 Å². The lowest BCUT2D eigenvalue weighted by atomic mass is 10.2. The van der Waals surface area contributed by atoms with Crippen LogP contribution >= 0.6 is 11.3 Å². The van der Waals surface area contributed by atoms with Crippen LogP contribution in [0.1, 0.15) is 47.5 Å². The average Bonchev–Trinajstić information content (AvgIpc) is 2.90. The van der Waals surface area contributed by atoms with Crippen molar-refractivity contribution >= 4 is 23.1 Å². The summed E-state index contributed by atoms with van der Waals surface area (Å²) in [6.07, 6.45) is 3.12. The first-order chi connectivity index (χ1) is 11.0. The van der Waals surface area contributed by atoms with Crippen molar-refractivity contribution in [1.29, 1.82) is 0 Å². The van der Waals surface area contributed by atoms with E-state index in [0.717, 1.165) is 22.7 Å². The molecule has 1 atom stereocenters. The Balaban J connectivity index is 1.78. The van der Waals surface area contributed by atoms with Crippen LogP contribution < -0.4 is 10.6 Å². The summed E-state index contributed by atoms with van der Waals surface area (Å²) in [5.74, 6) is 0.566. The molecule has 23 heavy (non-hydrogen) atoms. The lowest BCUT2D eigenvalue weighted by molar-refractivity contribution is -0.116. The highest BCUT2D eigenvalue weighted by molar-refractivity contribution is 7.11. The third-order valence-electron chi connectivity index (χ3n) is 3.55. The second-order valence-electron chi connectivity index (χ2n) is 5.61. The van der Waals surface area contributed by atoms with E-state index in [1.54, 1.807) is 17.5 Å². The van der Waals surface area contributed by atoms with Crippen LogP contribution in [0.15, 0.2) is 18.3 Å². The van der Waals surface area contributed by atoms with Crippen LogP contribution in [0.5, 0.6) is 0 Å². The highest BCUT2D eigenvalue weighted by atomic mass is 32.1. The fourth-order valence-electron chi connectivity index (χ4n) is 2.26. The van der Waals surface area contributed by atoms with Crippen LogP contribution in [0.2, 0.25) is 0 Å². The van der Waals surface area contributed by atoms with Gasteiger partial charge >= 0.3 is 0 Å². The molecule has 2 rings (SSSR count). The Morgan fingerprint density at radius 3 is 2.74 bits per heavy atom. The third-order valence-corrected chi connectivity index (χ3v) is 5.04. The molecule has 2 aromatic heterocycles. The number of amides is 1. The number of carbonyl (C=O) groups excluding carboxylic acids is 1. The molecule has 1 amide bonds. The summed E-state index contributed by atoms with van der Waals surface area (Å²) in [5, 5.41) is 7.36. The highest BCUT2D eigenvalue weighted by Gasteiger charge is 2.13. The van der Waals surface area contributed by atoms with E-state index in [4.69, 9.17) is 0 Å². The molecule has 0 spiro atoms. The molecule has 2 N–H and O–H groups in total. The number of nitrogens with zero attached hydrogens (tertiary/aromatic N) is 2. The van der Waals surface area contributed by atoms with E-state index in [1.807, 2.05) is 26.0 Å². The predicted octanol–water partition coefficient (Wildman–Crippen LogP) is 3.40. The largest absolute Gasteiger partial charge is 0.311 e. The number of aryl methyl sites for hydroxylation is 3. The predicted molar refractivity (Wildman–Crippen MR) is 94.9 cm³/mol. The summed E-state index contributed by atoms with van der Waals surface area (Å²) in [6.45, 7) is 8.86. The van der Waals surface area contributed by atoms with Gasteiger partial charge < -0.3 is 10.6 Å². The summed E-state index contributed by atoms with van der Waals surface area (Å²) >= 11 is 1.75. The molecule has 0 bridgehead atoms. The minimum absolute atomic E-state index is 0.0312. The minimum atomic E-state index is -0.0312. The van der Waals surface area contributed by atoms with E-state index in [9.17, 15) is 4.79 Å². The molecule has 124 valence electrons. The first-order valence-electron chi connectivity index (χ1n) is 7.91. The molecule has 0 fully saturated rings. The molecular formula is C17H24N4OS. The van der Waals surface area contributed by atoms with Crippen molar-refractivity contribution in [2.75, 3.05) is 11.9 Å². The monoisotopic (exact) mass is 332 g/mol. The van der Waals surface area contributed by atoms with Gasteiger partial charge in [0.2, 0.25) is 5.91 Å². The van der Waals surface area contributed by atoms with Crippen LogP contribution in [0.3, 0.4) is 0 Å². The molecule has 0 unspecified atom stereocenters. The summed E-state index contributed by atoms with van der Waals surface area (Å²) in [4.78, 5) is 21.9. The summed E-state index contributed by atoms with van der Waals surface area (Å²) in [7, 11) is 0. The van der Waals surface area contributed by atoms with Crippen molar-refractivity contribution in [3.05, 3.63) is 39.5 Å². The van der Waals surface area contributed by atoms with Gasteiger partial charge in [0, 0.05) is 30.1 Å². The molecule has 0 aliphatic rings. The zero-order valence-corrected chi connectivity index (χ0v) is 15.0. The normalized spacial score (nSPS) is 12.2. The Morgan fingerprint density at radius 1 is 1.35 bits per heavy atom. The maximum atomic E-state index is 11.9. The van der Waals surface area contributed by atoms with Crippen LogP contribution in [0, 0.1) is 13.8 Å². The standard InChI is InChI=1S/C17H24N4OS/c1-5-16-20-13(4)17(23-16)12(3)18-9-8-15(22)21-14-7-6-11(2)10-19-14/h6-7,10,12,18H,5,8-9H2,1-4H3,(H,19,21,22)/t12-/m1/s1. The van der Waals surface area contributed by atoms with Gasteiger partial charge in [-0.25, -0.2) is 9.97 Å². The quantitative estimate of drug-likeness (QED) is 0.815. The minimum Gasteiger partial charge on any atom is -0.311 e. The number of nitrogens with one attached hydrogen (secondary N) is 2. The number of hydrogen-bond acceptors (Lipinski definition) is 5. The first-order valence-corrected chi connectivity index (χ1v) is 8.73. The van der Waals surface area contributed by atoms with Gasteiger partial charge in [-0.05, 0) is 38.8 Å². The van der Waals surface area contributed by atoms with Crippen molar-refractivity contribution in [3.8, 4) is 0 Å². The Bertz CT molecular complexity index is 651. The first kappa shape index (κ1) is 17.6. The van der Waals surface area contributed by atoms with Crippen molar-refractivity contribution in [2.45, 2.75) is 46.6 Å². The maximum absolute atomic E-state index is 11.9. The summed E-state index contributed by atoms with van der Waals surface area (Å²) < 4.78 is 0. The van der Waals surface area contributed by atoms with E-state index < -0.39 is 0 Å². The number of thiazole rings is 1. The van der Waals surface area contributed by atoms with Crippen LogP contribution in [0.4, 0.5) is 5.82 Å². The van der Waals surface area contributed by atoms with Crippen molar-refractivity contribution in [3.63, 3.8) is 0 Å². The molecule has 0 aromatic carbocycles. The lowest BCUT2D eigenvalue weighted by Gasteiger charge is -2.12. The molecule has 0 saturated heterocycles. The van der Waals surface area contributed by atoms with Gasteiger partial charge in [0.25, 0.3) is 0 Å². The van der Waals surface area contributed by atoms with E-state index >= 15 is 0 Å². The molecule has 5 nitrogen and oxygen atoms in total. The van der Waals surface area contributed by atoms with E-state index in [1.165, 1.54) is 4.88 Å². The number of aromatic nitrogens is 2. The topological polar surface area (TPSA) is 66.9 Å². The maximum Gasteiger partial charge on any atom is 0.226 e. The fourth-order valence-corrected chi connectivity index (χ4v) is 3.29. The second kappa shape index (κ2) is 8.17. The van der Waals surface area contributed by atoms with E-state index in [0.29, 0.717) is 18.8 Å². The van der Waals surface area contributed by atoms with E-state index in [2.05, 4.69) is 34.4 Å². The molecule has 2 heterocycles. The Labute approximate surface area is 141 Å². The van der Waals surface area contributed by atoms with Crippen molar-refractivity contribution in [1.82, 2.24) is 15.3 Å². The summed E-state index contributed by atoms with van der Waals surface area (Å²) in [5.41, 5.74) is 2.16. The number of carbonyl (C=O) groups is 1. The number of hydrogen-bond donors (Lipinski definition) is 2.